The van der Waals surface area contributed by atoms with Crippen molar-refractivity contribution in [3.8, 4) is 11.6 Å². The van der Waals surface area contributed by atoms with E-state index in [1.165, 1.54) is 11.3 Å². The summed E-state index contributed by atoms with van der Waals surface area (Å²) in [6.07, 6.45) is 1.67. The first-order valence-electron chi connectivity index (χ1n) is 8.17. The van der Waals surface area contributed by atoms with Crippen molar-refractivity contribution in [2.45, 2.75) is 20.1 Å². The Bertz CT molecular complexity index is 911. The van der Waals surface area contributed by atoms with Crippen molar-refractivity contribution in [1.29, 1.82) is 0 Å². The van der Waals surface area contributed by atoms with Gasteiger partial charge in [0.05, 0.1) is 12.8 Å². The first-order valence-corrected chi connectivity index (χ1v) is 9.36. The minimum Gasteiger partial charge on any atom is -0.486 e. The number of aromatic nitrogens is 2. The van der Waals surface area contributed by atoms with Gasteiger partial charge in [0.1, 0.15) is 22.2 Å². The third kappa shape index (κ3) is 5.18. The molecule has 0 saturated heterocycles. The Kier molecular flexibility index (Phi) is 6.26. The fraction of sp³-hybridized carbons (Fsp3) is 0.211. The number of carbonyl (C=O) groups excluding carboxylic acids is 1. The highest BCUT2D eigenvalue weighted by molar-refractivity contribution is 7.13. The number of halogens is 1. The van der Waals surface area contributed by atoms with Crippen molar-refractivity contribution in [2.24, 2.45) is 0 Å². The molecule has 6 nitrogen and oxygen atoms in total. The van der Waals surface area contributed by atoms with Gasteiger partial charge in [0.2, 0.25) is 5.88 Å². The van der Waals surface area contributed by atoms with Crippen LogP contribution in [0.4, 0.5) is 0 Å². The second kappa shape index (κ2) is 8.83. The van der Waals surface area contributed by atoms with Gasteiger partial charge in [-0.1, -0.05) is 17.7 Å². The Balaban J connectivity index is 1.57. The van der Waals surface area contributed by atoms with E-state index in [4.69, 9.17) is 21.1 Å². The lowest BCUT2D eigenvalue weighted by Crippen LogP contribution is -2.22. The van der Waals surface area contributed by atoms with Gasteiger partial charge < -0.3 is 14.8 Å². The van der Waals surface area contributed by atoms with E-state index < -0.39 is 0 Å². The molecule has 0 spiro atoms. The van der Waals surface area contributed by atoms with Crippen molar-refractivity contribution in [3.63, 3.8) is 0 Å². The summed E-state index contributed by atoms with van der Waals surface area (Å²) < 4.78 is 10.7. The molecule has 8 heteroatoms. The first-order chi connectivity index (χ1) is 13.0. The topological polar surface area (TPSA) is 73.3 Å². The average Bonchev–Trinajstić information content (AvgIpc) is 3.07. The fourth-order valence-electron chi connectivity index (χ4n) is 2.30. The van der Waals surface area contributed by atoms with Crippen molar-refractivity contribution in [1.82, 2.24) is 15.3 Å². The smallest absolute Gasteiger partial charge is 0.263 e. The highest BCUT2D eigenvalue weighted by atomic mass is 35.5. The molecule has 1 amide bonds. The van der Waals surface area contributed by atoms with Crippen LogP contribution in [0.25, 0.3) is 0 Å². The van der Waals surface area contributed by atoms with Crippen molar-refractivity contribution in [3.05, 3.63) is 68.8 Å². The van der Waals surface area contributed by atoms with Gasteiger partial charge in [-0.05, 0) is 36.8 Å². The van der Waals surface area contributed by atoms with E-state index in [1.54, 1.807) is 43.6 Å². The molecule has 0 aliphatic rings. The SMILES string of the molecule is COc1ccc(CNC(=O)c2sc(COc3ccc(Cl)cc3)nc2C)cn1. The van der Waals surface area contributed by atoms with Crippen molar-refractivity contribution in [2.75, 3.05) is 7.11 Å². The highest BCUT2D eigenvalue weighted by Crippen LogP contribution is 2.21. The van der Waals surface area contributed by atoms with E-state index >= 15 is 0 Å². The molecule has 2 aromatic heterocycles. The molecular weight excluding hydrogens is 386 g/mol. The predicted molar refractivity (Wildman–Crippen MR) is 105 cm³/mol. The minimum absolute atomic E-state index is 0.168. The molecule has 27 heavy (non-hydrogen) atoms. The van der Waals surface area contributed by atoms with Crippen LogP contribution in [0.15, 0.2) is 42.6 Å². The Labute approximate surface area is 166 Å². The number of carbonyl (C=O) groups is 1. The first kappa shape index (κ1) is 19.1. The molecule has 3 aromatic rings. The van der Waals surface area contributed by atoms with Gasteiger partial charge in [-0.15, -0.1) is 11.3 Å². The number of aryl methyl sites for hydroxylation is 1. The summed E-state index contributed by atoms with van der Waals surface area (Å²) in [5.41, 5.74) is 1.57. The molecule has 0 saturated carbocycles. The number of nitrogens with one attached hydrogen (secondary N) is 1. The second-order valence-electron chi connectivity index (χ2n) is 5.66. The number of hydrogen-bond acceptors (Lipinski definition) is 6. The van der Waals surface area contributed by atoms with Crippen LogP contribution >= 0.6 is 22.9 Å². The van der Waals surface area contributed by atoms with E-state index in [1.807, 2.05) is 13.0 Å². The van der Waals surface area contributed by atoms with Crippen molar-refractivity contribution >= 4 is 28.8 Å². The molecule has 0 atom stereocenters. The molecule has 1 aromatic carbocycles. The van der Waals surface area contributed by atoms with Gasteiger partial charge in [-0.2, -0.15) is 0 Å². The molecule has 140 valence electrons. The number of pyridine rings is 1. The summed E-state index contributed by atoms with van der Waals surface area (Å²) in [7, 11) is 1.56. The molecule has 1 N–H and O–H groups in total. The summed E-state index contributed by atoms with van der Waals surface area (Å²) >= 11 is 7.18. The van der Waals surface area contributed by atoms with Crippen LogP contribution in [0.3, 0.4) is 0 Å². The second-order valence-corrected chi connectivity index (χ2v) is 7.18. The third-order valence-corrected chi connectivity index (χ3v) is 5.06. The van der Waals surface area contributed by atoms with E-state index in [9.17, 15) is 4.79 Å². The van der Waals surface area contributed by atoms with Gasteiger partial charge in [-0.25, -0.2) is 9.97 Å². The molecule has 0 fully saturated rings. The Morgan fingerprint density at radius 3 is 2.67 bits per heavy atom. The number of benzene rings is 1. The van der Waals surface area contributed by atoms with Crippen LogP contribution in [0, 0.1) is 6.92 Å². The molecular formula is C19H18ClN3O3S. The van der Waals surface area contributed by atoms with Gasteiger partial charge >= 0.3 is 0 Å². The lowest BCUT2D eigenvalue weighted by Gasteiger charge is -2.05. The zero-order chi connectivity index (χ0) is 19.2. The minimum atomic E-state index is -0.168. The molecule has 0 aliphatic heterocycles. The van der Waals surface area contributed by atoms with Crippen LogP contribution in [-0.4, -0.2) is 23.0 Å². The fourth-order valence-corrected chi connectivity index (χ4v) is 3.32. The van der Waals surface area contributed by atoms with Crippen LogP contribution in [-0.2, 0) is 13.2 Å². The summed E-state index contributed by atoms with van der Waals surface area (Å²) in [4.78, 5) is 21.6. The lowest BCUT2D eigenvalue weighted by atomic mass is 10.3. The molecule has 0 unspecified atom stereocenters. The summed E-state index contributed by atoms with van der Waals surface area (Å²) in [5.74, 6) is 1.07. The van der Waals surface area contributed by atoms with Gasteiger partial charge in [-0.3, -0.25) is 4.79 Å². The van der Waals surface area contributed by atoms with Crippen molar-refractivity contribution < 1.29 is 14.3 Å². The van der Waals surface area contributed by atoms with Gasteiger partial charge in [0, 0.05) is 23.8 Å². The normalized spacial score (nSPS) is 10.5. The summed E-state index contributed by atoms with van der Waals surface area (Å²) in [6.45, 7) is 2.48. The maximum atomic E-state index is 12.4. The van der Waals surface area contributed by atoms with E-state index in [0.29, 0.717) is 40.4 Å². The number of methoxy groups -OCH3 is 1. The Morgan fingerprint density at radius 1 is 1.22 bits per heavy atom. The monoisotopic (exact) mass is 403 g/mol. The average molecular weight is 404 g/mol. The van der Waals surface area contributed by atoms with Crippen LogP contribution in [0.1, 0.15) is 25.9 Å². The number of rotatable bonds is 7. The molecule has 2 heterocycles. The molecule has 0 bridgehead atoms. The summed E-state index contributed by atoms with van der Waals surface area (Å²) in [6, 6.07) is 10.7. The molecule has 0 aliphatic carbocycles. The maximum absolute atomic E-state index is 12.4. The Morgan fingerprint density at radius 2 is 2.00 bits per heavy atom. The largest absolute Gasteiger partial charge is 0.486 e. The lowest BCUT2D eigenvalue weighted by molar-refractivity contribution is 0.0954. The van der Waals surface area contributed by atoms with Crippen LogP contribution < -0.4 is 14.8 Å². The molecule has 3 rings (SSSR count). The van der Waals surface area contributed by atoms with E-state index in [-0.39, 0.29) is 5.91 Å². The van der Waals surface area contributed by atoms with Gasteiger partial charge in [0.25, 0.3) is 5.91 Å². The van der Waals surface area contributed by atoms with Crippen LogP contribution in [0.2, 0.25) is 5.02 Å². The number of amides is 1. The van der Waals surface area contributed by atoms with E-state index in [0.717, 1.165) is 10.6 Å². The summed E-state index contributed by atoms with van der Waals surface area (Å²) in [5, 5.41) is 4.27. The number of hydrogen-bond donors (Lipinski definition) is 1. The quantitative estimate of drug-likeness (QED) is 0.645. The van der Waals surface area contributed by atoms with Crippen LogP contribution in [0.5, 0.6) is 11.6 Å². The van der Waals surface area contributed by atoms with E-state index in [2.05, 4.69) is 15.3 Å². The zero-order valence-corrected chi connectivity index (χ0v) is 16.4. The molecule has 0 radical (unpaired) electrons. The highest BCUT2D eigenvalue weighted by Gasteiger charge is 2.15. The number of nitrogens with zero attached hydrogens (tertiary/aromatic N) is 2. The standard InChI is InChI=1S/C19H18ClN3O3S/c1-12-18(19(24)22-10-13-3-8-16(25-2)21-9-13)27-17(23-12)11-26-15-6-4-14(20)5-7-15/h3-9H,10-11H2,1-2H3,(H,22,24). The number of ether oxygens (including phenoxy) is 2. The third-order valence-electron chi connectivity index (χ3n) is 3.68. The number of thiazole rings is 1. The zero-order valence-electron chi connectivity index (χ0n) is 14.9. The van der Waals surface area contributed by atoms with Gasteiger partial charge in [0.15, 0.2) is 0 Å². The predicted octanol–water partition coefficient (Wildman–Crippen LogP) is 4.02. The Hall–Kier alpha value is -2.64. The maximum Gasteiger partial charge on any atom is 0.263 e.